The Bertz CT molecular complexity index is 537. The van der Waals surface area contributed by atoms with E-state index in [-0.39, 0.29) is 24.6 Å². The molecule has 0 saturated carbocycles. The summed E-state index contributed by atoms with van der Waals surface area (Å²) in [7, 11) is 0. The number of hydrogen-bond donors (Lipinski definition) is 2. The molecule has 1 rings (SSSR count). The molecule has 0 saturated heterocycles. The van der Waals surface area contributed by atoms with E-state index >= 15 is 0 Å². The minimum atomic E-state index is -1.23. The fraction of sp³-hybridized carbons (Fsp3) is 0.462. The Hall–Kier alpha value is -2.25. The van der Waals surface area contributed by atoms with Crippen molar-refractivity contribution in [2.24, 2.45) is 5.92 Å². The molecule has 0 amide bonds. The van der Waals surface area contributed by atoms with Gasteiger partial charge in [-0.25, -0.2) is 4.39 Å². The molecule has 0 bridgehead atoms. The fourth-order valence-electron chi connectivity index (χ4n) is 1.85. The standard InChI is InChI=1S/C13H16F2N2O4/c1-8(2-3-12(18)19)4-5-16-11-7-9(14)6-10(15)13(11)17(20)21/h6-8,16H,2-5H2,1H3,(H,18,19). The second-order valence-corrected chi connectivity index (χ2v) is 4.79. The van der Waals surface area contributed by atoms with Crippen LogP contribution in [0.25, 0.3) is 0 Å². The van der Waals surface area contributed by atoms with Crippen LogP contribution in [0.1, 0.15) is 26.2 Å². The molecule has 1 atom stereocenters. The van der Waals surface area contributed by atoms with E-state index in [2.05, 4.69) is 5.32 Å². The fourth-order valence-corrected chi connectivity index (χ4v) is 1.85. The quantitative estimate of drug-likeness (QED) is 0.568. The molecule has 1 unspecified atom stereocenters. The van der Waals surface area contributed by atoms with Crippen LogP contribution in [0, 0.1) is 27.7 Å². The number of rotatable bonds is 8. The van der Waals surface area contributed by atoms with Gasteiger partial charge in [0.2, 0.25) is 5.82 Å². The van der Waals surface area contributed by atoms with E-state index in [4.69, 9.17) is 5.11 Å². The van der Waals surface area contributed by atoms with Gasteiger partial charge < -0.3 is 10.4 Å². The number of carboxylic acid groups (broad SMARTS) is 1. The van der Waals surface area contributed by atoms with Crippen LogP contribution in [-0.4, -0.2) is 22.5 Å². The highest BCUT2D eigenvalue weighted by molar-refractivity contribution is 5.66. The number of nitro groups is 1. The molecule has 6 nitrogen and oxygen atoms in total. The molecule has 0 heterocycles. The molecule has 0 fully saturated rings. The third-order valence-corrected chi connectivity index (χ3v) is 3.01. The second-order valence-electron chi connectivity index (χ2n) is 4.79. The molecule has 116 valence electrons. The third-order valence-electron chi connectivity index (χ3n) is 3.01. The number of benzene rings is 1. The van der Waals surface area contributed by atoms with Crippen LogP contribution in [0.15, 0.2) is 12.1 Å². The zero-order chi connectivity index (χ0) is 16.0. The van der Waals surface area contributed by atoms with Crippen LogP contribution in [0.4, 0.5) is 20.2 Å². The summed E-state index contributed by atoms with van der Waals surface area (Å²) >= 11 is 0. The first kappa shape index (κ1) is 16.8. The van der Waals surface area contributed by atoms with Crippen LogP contribution in [0.3, 0.4) is 0 Å². The highest BCUT2D eigenvalue weighted by Gasteiger charge is 2.21. The van der Waals surface area contributed by atoms with Crippen molar-refractivity contribution in [1.82, 2.24) is 0 Å². The molecule has 1 aromatic carbocycles. The van der Waals surface area contributed by atoms with Gasteiger partial charge in [0.1, 0.15) is 11.5 Å². The van der Waals surface area contributed by atoms with Crippen molar-refractivity contribution in [3.05, 3.63) is 33.9 Å². The summed E-state index contributed by atoms with van der Waals surface area (Å²) in [6.45, 7) is 2.09. The number of nitrogens with zero attached hydrogens (tertiary/aromatic N) is 1. The van der Waals surface area contributed by atoms with E-state index in [1.807, 2.05) is 6.92 Å². The van der Waals surface area contributed by atoms with E-state index in [0.29, 0.717) is 18.9 Å². The van der Waals surface area contributed by atoms with Gasteiger partial charge in [-0.15, -0.1) is 0 Å². The third kappa shape index (κ3) is 5.33. The van der Waals surface area contributed by atoms with E-state index in [1.54, 1.807) is 0 Å². The first-order valence-corrected chi connectivity index (χ1v) is 6.40. The molecular weight excluding hydrogens is 286 g/mol. The summed E-state index contributed by atoms with van der Waals surface area (Å²) in [5.41, 5.74) is -1.02. The lowest BCUT2D eigenvalue weighted by atomic mass is 10.0. The Morgan fingerprint density at radius 2 is 2.10 bits per heavy atom. The van der Waals surface area contributed by atoms with E-state index in [0.717, 1.165) is 6.07 Å². The number of carbonyl (C=O) groups is 1. The van der Waals surface area contributed by atoms with Gasteiger partial charge in [0.05, 0.1) is 4.92 Å². The molecule has 0 aliphatic rings. The van der Waals surface area contributed by atoms with Crippen molar-refractivity contribution in [2.75, 3.05) is 11.9 Å². The van der Waals surface area contributed by atoms with Crippen LogP contribution in [0.2, 0.25) is 0 Å². The largest absolute Gasteiger partial charge is 0.481 e. The van der Waals surface area contributed by atoms with Crippen molar-refractivity contribution >= 4 is 17.3 Å². The van der Waals surface area contributed by atoms with E-state index in [9.17, 15) is 23.7 Å². The van der Waals surface area contributed by atoms with Crippen LogP contribution in [-0.2, 0) is 4.79 Å². The summed E-state index contributed by atoms with van der Waals surface area (Å²) in [4.78, 5) is 20.3. The number of hydrogen-bond acceptors (Lipinski definition) is 4. The number of nitrogens with one attached hydrogen (secondary N) is 1. The average molecular weight is 302 g/mol. The molecule has 2 N–H and O–H groups in total. The van der Waals surface area contributed by atoms with Gasteiger partial charge >= 0.3 is 11.7 Å². The van der Waals surface area contributed by atoms with Crippen LogP contribution in [0.5, 0.6) is 0 Å². The van der Waals surface area contributed by atoms with Gasteiger partial charge in [-0.2, -0.15) is 4.39 Å². The summed E-state index contributed by atoms with van der Waals surface area (Å²) in [6, 6.07) is 1.32. The van der Waals surface area contributed by atoms with Gasteiger partial charge in [-0.05, 0) is 18.8 Å². The number of aliphatic carboxylic acids is 1. The normalized spacial score (nSPS) is 12.0. The first-order valence-electron chi connectivity index (χ1n) is 6.40. The number of anilines is 1. The SMILES string of the molecule is CC(CCNc1cc(F)cc(F)c1[N+](=O)[O-])CCC(=O)O. The average Bonchev–Trinajstić information content (AvgIpc) is 2.34. The van der Waals surface area contributed by atoms with E-state index in [1.165, 1.54) is 0 Å². The first-order chi connectivity index (χ1) is 9.81. The van der Waals surface area contributed by atoms with Crippen LogP contribution >= 0.6 is 0 Å². The molecule has 0 aliphatic heterocycles. The molecule has 8 heteroatoms. The second kappa shape index (κ2) is 7.51. The smallest absolute Gasteiger partial charge is 0.327 e. The highest BCUT2D eigenvalue weighted by atomic mass is 19.1. The molecule has 0 radical (unpaired) electrons. The molecule has 1 aromatic rings. The van der Waals surface area contributed by atoms with Gasteiger partial charge in [0.15, 0.2) is 0 Å². The molecule has 0 spiro atoms. The van der Waals surface area contributed by atoms with Crippen molar-refractivity contribution in [3.63, 3.8) is 0 Å². The Morgan fingerprint density at radius 3 is 2.67 bits per heavy atom. The van der Waals surface area contributed by atoms with Gasteiger partial charge in [0.25, 0.3) is 0 Å². The topological polar surface area (TPSA) is 92.5 Å². The molecular formula is C13H16F2N2O4. The molecule has 21 heavy (non-hydrogen) atoms. The zero-order valence-corrected chi connectivity index (χ0v) is 11.4. The van der Waals surface area contributed by atoms with Crippen molar-refractivity contribution in [3.8, 4) is 0 Å². The maximum atomic E-state index is 13.4. The van der Waals surface area contributed by atoms with Crippen molar-refractivity contribution < 1.29 is 23.6 Å². The number of carboxylic acids is 1. The Kier molecular flexibility index (Phi) is 6.01. The Labute approximate surface area is 119 Å². The van der Waals surface area contributed by atoms with Crippen LogP contribution < -0.4 is 5.32 Å². The van der Waals surface area contributed by atoms with E-state index < -0.39 is 28.2 Å². The maximum absolute atomic E-state index is 13.4. The lowest BCUT2D eigenvalue weighted by Gasteiger charge is -2.12. The minimum Gasteiger partial charge on any atom is -0.481 e. The minimum absolute atomic E-state index is 0.0376. The van der Waals surface area contributed by atoms with Crippen molar-refractivity contribution in [1.29, 1.82) is 0 Å². The number of halogens is 2. The maximum Gasteiger partial charge on any atom is 0.327 e. The highest BCUT2D eigenvalue weighted by Crippen LogP contribution is 2.29. The predicted molar refractivity (Wildman–Crippen MR) is 72.2 cm³/mol. The summed E-state index contributed by atoms with van der Waals surface area (Å²) < 4.78 is 26.5. The molecule has 0 aliphatic carbocycles. The lowest BCUT2D eigenvalue weighted by molar-refractivity contribution is -0.386. The van der Waals surface area contributed by atoms with Crippen molar-refractivity contribution in [2.45, 2.75) is 26.2 Å². The Morgan fingerprint density at radius 1 is 1.43 bits per heavy atom. The number of nitro benzene ring substituents is 1. The summed E-state index contributed by atoms with van der Waals surface area (Å²) in [6.07, 6.45) is 1.04. The van der Waals surface area contributed by atoms with Gasteiger partial charge in [0, 0.05) is 25.1 Å². The van der Waals surface area contributed by atoms with Gasteiger partial charge in [-0.3, -0.25) is 14.9 Å². The lowest BCUT2D eigenvalue weighted by Crippen LogP contribution is -2.10. The summed E-state index contributed by atoms with van der Waals surface area (Å²) in [5, 5.41) is 21.9. The zero-order valence-electron chi connectivity index (χ0n) is 11.4. The van der Waals surface area contributed by atoms with Gasteiger partial charge in [-0.1, -0.05) is 6.92 Å². The predicted octanol–water partition coefficient (Wildman–Crippen LogP) is 3.18. The molecule has 0 aromatic heterocycles. The monoisotopic (exact) mass is 302 g/mol. The summed E-state index contributed by atoms with van der Waals surface area (Å²) in [5.74, 6) is -2.95. The Balaban J connectivity index is 2.63.